The molecule has 70 valence electrons. The summed E-state index contributed by atoms with van der Waals surface area (Å²) in [6.45, 7) is 0. The smallest absolute Gasteiger partial charge is 0.254 e. The Labute approximate surface area is 76.3 Å². The lowest BCUT2D eigenvalue weighted by Crippen LogP contribution is -2.22. The first-order valence-corrected chi connectivity index (χ1v) is 3.75. The van der Waals surface area contributed by atoms with Crippen molar-refractivity contribution in [1.82, 2.24) is 9.88 Å². The van der Waals surface area contributed by atoms with Gasteiger partial charge in [-0.1, -0.05) is 0 Å². The van der Waals surface area contributed by atoms with Crippen LogP contribution < -0.4 is 11.5 Å². The fourth-order valence-corrected chi connectivity index (χ4v) is 0.868. The van der Waals surface area contributed by atoms with Gasteiger partial charge in [0.15, 0.2) is 0 Å². The molecule has 0 fully saturated rings. The number of pyridine rings is 1. The third-order valence-electron chi connectivity index (χ3n) is 1.60. The van der Waals surface area contributed by atoms with Gasteiger partial charge in [0.25, 0.3) is 5.91 Å². The molecule has 0 bridgehead atoms. The molecule has 0 saturated carbocycles. The molecular weight excluding hydrogens is 168 g/mol. The first-order valence-electron chi connectivity index (χ1n) is 3.75. The van der Waals surface area contributed by atoms with E-state index in [0.717, 1.165) is 0 Å². The zero-order chi connectivity index (χ0) is 10.0. The quantitative estimate of drug-likeness (QED) is 0.634. The van der Waals surface area contributed by atoms with Gasteiger partial charge in [0.05, 0.1) is 11.3 Å². The van der Waals surface area contributed by atoms with Crippen molar-refractivity contribution in [3.63, 3.8) is 0 Å². The molecule has 0 atom stereocenters. The SMILES string of the molecule is CN(C)C(=O)c1cnc(N)c(N)c1. The number of nitrogen functional groups attached to an aromatic ring is 2. The van der Waals surface area contributed by atoms with Gasteiger partial charge >= 0.3 is 0 Å². The number of nitrogens with zero attached hydrogens (tertiary/aromatic N) is 2. The highest BCUT2D eigenvalue weighted by Gasteiger charge is 2.09. The molecule has 0 aromatic carbocycles. The maximum atomic E-state index is 11.4. The average molecular weight is 180 g/mol. The normalized spacial score (nSPS) is 9.69. The lowest BCUT2D eigenvalue weighted by Gasteiger charge is -2.10. The Balaban J connectivity index is 3.04. The largest absolute Gasteiger partial charge is 0.396 e. The molecule has 5 heteroatoms. The number of nitrogens with two attached hydrogens (primary N) is 2. The van der Waals surface area contributed by atoms with E-state index in [1.807, 2.05) is 0 Å². The first-order chi connectivity index (χ1) is 6.02. The van der Waals surface area contributed by atoms with Gasteiger partial charge in [-0.05, 0) is 6.07 Å². The minimum atomic E-state index is -0.140. The molecule has 0 unspecified atom stereocenters. The van der Waals surface area contributed by atoms with Crippen LogP contribution in [0.1, 0.15) is 10.4 Å². The topological polar surface area (TPSA) is 85.2 Å². The van der Waals surface area contributed by atoms with Crippen LogP contribution in [0.15, 0.2) is 12.3 Å². The number of hydrogen-bond acceptors (Lipinski definition) is 4. The second-order valence-electron chi connectivity index (χ2n) is 2.90. The second kappa shape index (κ2) is 3.30. The highest BCUT2D eigenvalue weighted by Crippen LogP contribution is 2.13. The second-order valence-corrected chi connectivity index (χ2v) is 2.90. The summed E-state index contributed by atoms with van der Waals surface area (Å²) in [5.74, 6) is 0.106. The van der Waals surface area contributed by atoms with Crippen LogP contribution in [0.25, 0.3) is 0 Å². The third-order valence-corrected chi connectivity index (χ3v) is 1.60. The Morgan fingerprint density at radius 3 is 2.54 bits per heavy atom. The first kappa shape index (κ1) is 9.31. The number of amides is 1. The molecule has 0 aliphatic rings. The van der Waals surface area contributed by atoms with Gasteiger partial charge in [-0.25, -0.2) is 4.98 Å². The molecule has 0 radical (unpaired) electrons. The van der Waals surface area contributed by atoms with Crippen LogP contribution in [0, 0.1) is 0 Å². The summed E-state index contributed by atoms with van der Waals surface area (Å²) in [6, 6.07) is 1.52. The Hall–Kier alpha value is -1.78. The van der Waals surface area contributed by atoms with Crippen molar-refractivity contribution < 1.29 is 4.79 Å². The average Bonchev–Trinajstić information content (AvgIpc) is 2.08. The molecular formula is C8H12N4O. The minimum absolute atomic E-state index is 0.140. The van der Waals surface area contributed by atoms with Crippen molar-refractivity contribution in [2.45, 2.75) is 0 Å². The van der Waals surface area contributed by atoms with Crippen molar-refractivity contribution in [3.8, 4) is 0 Å². The van der Waals surface area contributed by atoms with Gasteiger partial charge in [0.2, 0.25) is 0 Å². The van der Waals surface area contributed by atoms with Crippen molar-refractivity contribution in [3.05, 3.63) is 17.8 Å². The number of hydrogen-bond donors (Lipinski definition) is 2. The molecule has 13 heavy (non-hydrogen) atoms. The van der Waals surface area contributed by atoms with E-state index >= 15 is 0 Å². The number of aromatic nitrogens is 1. The highest BCUT2D eigenvalue weighted by molar-refractivity contribution is 5.94. The molecule has 0 spiro atoms. The van der Waals surface area contributed by atoms with Crippen molar-refractivity contribution in [2.75, 3.05) is 25.6 Å². The summed E-state index contributed by atoms with van der Waals surface area (Å²) in [7, 11) is 3.32. The number of carbonyl (C=O) groups excluding carboxylic acids is 1. The molecule has 1 amide bonds. The number of carbonyl (C=O) groups is 1. The van der Waals surface area contributed by atoms with Crippen molar-refractivity contribution >= 4 is 17.4 Å². The zero-order valence-corrected chi connectivity index (χ0v) is 7.61. The summed E-state index contributed by atoms with van der Waals surface area (Å²) < 4.78 is 0. The van der Waals surface area contributed by atoms with Crippen LogP contribution in [0.4, 0.5) is 11.5 Å². The molecule has 0 saturated heterocycles. The predicted octanol–water partition coefficient (Wildman–Crippen LogP) is -0.0522. The Kier molecular flexibility index (Phi) is 2.36. The van der Waals surface area contributed by atoms with Crippen LogP contribution in [-0.4, -0.2) is 29.9 Å². The fraction of sp³-hybridized carbons (Fsp3) is 0.250. The van der Waals surface area contributed by atoms with E-state index < -0.39 is 0 Å². The molecule has 4 N–H and O–H groups in total. The Bertz CT molecular complexity index is 335. The van der Waals surface area contributed by atoms with E-state index in [4.69, 9.17) is 11.5 Å². The monoisotopic (exact) mass is 180 g/mol. The van der Waals surface area contributed by atoms with Crippen molar-refractivity contribution in [2.24, 2.45) is 0 Å². The zero-order valence-electron chi connectivity index (χ0n) is 7.61. The highest BCUT2D eigenvalue weighted by atomic mass is 16.2. The minimum Gasteiger partial charge on any atom is -0.396 e. The number of anilines is 2. The molecule has 1 heterocycles. The van der Waals surface area contributed by atoms with E-state index in [0.29, 0.717) is 11.3 Å². The van der Waals surface area contributed by atoms with Crippen LogP contribution in [0.2, 0.25) is 0 Å². The lowest BCUT2D eigenvalue weighted by atomic mass is 10.2. The molecule has 1 aromatic rings. The van der Waals surface area contributed by atoms with Crippen LogP contribution in [0.5, 0.6) is 0 Å². The maximum absolute atomic E-state index is 11.4. The summed E-state index contributed by atoms with van der Waals surface area (Å²) in [5.41, 5.74) is 11.7. The van der Waals surface area contributed by atoms with E-state index in [-0.39, 0.29) is 11.7 Å². The summed E-state index contributed by atoms with van der Waals surface area (Å²) in [6.07, 6.45) is 1.41. The van der Waals surface area contributed by atoms with Gasteiger partial charge in [-0.2, -0.15) is 0 Å². The molecule has 1 aromatic heterocycles. The third kappa shape index (κ3) is 1.87. The van der Waals surface area contributed by atoms with Crippen LogP contribution in [0.3, 0.4) is 0 Å². The lowest BCUT2D eigenvalue weighted by molar-refractivity contribution is 0.0827. The molecule has 1 rings (SSSR count). The summed E-state index contributed by atoms with van der Waals surface area (Å²) >= 11 is 0. The number of rotatable bonds is 1. The van der Waals surface area contributed by atoms with Crippen LogP contribution in [-0.2, 0) is 0 Å². The van der Waals surface area contributed by atoms with E-state index in [2.05, 4.69) is 4.98 Å². The standard InChI is InChI=1S/C8H12N4O/c1-12(2)8(13)5-3-6(9)7(10)11-4-5/h3-4H,9H2,1-2H3,(H2,10,11). The maximum Gasteiger partial charge on any atom is 0.254 e. The van der Waals surface area contributed by atoms with Gasteiger partial charge in [0, 0.05) is 20.3 Å². The van der Waals surface area contributed by atoms with Crippen molar-refractivity contribution in [1.29, 1.82) is 0 Å². The van der Waals surface area contributed by atoms with E-state index in [9.17, 15) is 4.79 Å². The molecule has 0 aliphatic carbocycles. The summed E-state index contributed by atoms with van der Waals surface area (Å²) in [5, 5.41) is 0. The van der Waals surface area contributed by atoms with Gasteiger partial charge in [-0.3, -0.25) is 4.79 Å². The molecule has 5 nitrogen and oxygen atoms in total. The fourth-order valence-electron chi connectivity index (χ4n) is 0.868. The van der Waals surface area contributed by atoms with Gasteiger partial charge < -0.3 is 16.4 Å². The summed E-state index contributed by atoms with van der Waals surface area (Å²) in [4.78, 5) is 16.6. The van der Waals surface area contributed by atoms with E-state index in [1.165, 1.54) is 17.2 Å². The predicted molar refractivity (Wildman–Crippen MR) is 51.1 cm³/mol. The Morgan fingerprint density at radius 2 is 2.08 bits per heavy atom. The van der Waals surface area contributed by atoms with Gasteiger partial charge in [-0.15, -0.1) is 0 Å². The Morgan fingerprint density at radius 1 is 1.46 bits per heavy atom. The van der Waals surface area contributed by atoms with Gasteiger partial charge in [0.1, 0.15) is 5.82 Å². The van der Waals surface area contributed by atoms with Crippen LogP contribution >= 0.6 is 0 Å². The molecule has 0 aliphatic heterocycles. The van der Waals surface area contributed by atoms with E-state index in [1.54, 1.807) is 14.1 Å².